The van der Waals surface area contributed by atoms with Crippen LogP contribution in [0.3, 0.4) is 0 Å². The van der Waals surface area contributed by atoms with Crippen LogP contribution in [0.2, 0.25) is 0 Å². The smallest absolute Gasteiger partial charge is 0.242 e. The maximum atomic E-state index is 13.2. The van der Waals surface area contributed by atoms with Crippen LogP contribution in [-0.2, 0) is 22.6 Å². The maximum absolute atomic E-state index is 13.2. The third-order valence-corrected chi connectivity index (χ3v) is 5.74. The maximum Gasteiger partial charge on any atom is 0.242 e. The van der Waals surface area contributed by atoms with E-state index < -0.39 is 6.04 Å². The zero-order chi connectivity index (χ0) is 23.1. The number of fused-ring (bicyclic) bond motifs is 1. The molecule has 0 bridgehead atoms. The van der Waals surface area contributed by atoms with E-state index in [2.05, 4.69) is 5.32 Å². The molecule has 2 aromatic carbocycles. The summed E-state index contributed by atoms with van der Waals surface area (Å²) in [6.45, 7) is 6.32. The minimum Gasteiger partial charge on any atom is -0.497 e. The Balaban J connectivity index is 1.71. The highest BCUT2D eigenvalue weighted by Crippen LogP contribution is 2.32. The molecule has 1 aliphatic heterocycles. The molecule has 0 fully saturated rings. The largest absolute Gasteiger partial charge is 0.497 e. The zero-order valence-corrected chi connectivity index (χ0v) is 19.2. The molecule has 1 N–H and O–H groups in total. The highest BCUT2D eigenvalue weighted by Gasteiger charge is 2.26. The van der Waals surface area contributed by atoms with Crippen molar-refractivity contribution in [3.8, 4) is 17.2 Å². The van der Waals surface area contributed by atoms with E-state index in [0.717, 1.165) is 29.0 Å². The number of methoxy groups -OCH3 is 1. The van der Waals surface area contributed by atoms with E-state index in [1.807, 2.05) is 56.3 Å². The number of carbonyl (C=O) groups excluding carboxylic acids is 2. The van der Waals surface area contributed by atoms with Crippen molar-refractivity contribution in [1.82, 2.24) is 10.2 Å². The summed E-state index contributed by atoms with van der Waals surface area (Å²) in [6.07, 6.45) is 1.67. The SMILES string of the molecule is CC[C@H](C)NC(=O)[C@@H](C)N(Cc1ccc(OC)cc1)C(=O)CCc1ccc2c(c1)OCO2. The Morgan fingerprint density at radius 1 is 1.06 bits per heavy atom. The van der Waals surface area contributed by atoms with Gasteiger partial charge in [-0.2, -0.15) is 0 Å². The van der Waals surface area contributed by atoms with Gasteiger partial charge in [0.05, 0.1) is 7.11 Å². The van der Waals surface area contributed by atoms with Crippen LogP contribution in [-0.4, -0.2) is 42.7 Å². The van der Waals surface area contributed by atoms with Gasteiger partial charge in [0.2, 0.25) is 18.6 Å². The molecule has 2 aromatic rings. The van der Waals surface area contributed by atoms with Crippen molar-refractivity contribution in [3.63, 3.8) is 0 Å². The highest BCUT2D eigenvalue weighted by atomic mass is 16.7. The second-order valence-corrected chi connectivity index (χ2v) is 8.05. The zero-order valence-electron chi connectivity index (χ0n) is 19.2. The van der Waals surface area contributed by atoms with Gasteiger partial charge in [0.1, 0.15) is 11.8 Å². The van der Waals surface area contributed by atoms with Gasteiger partial charge in [0, 0.05) is 19.0 Å². The fourth-order valence-electron chi connectivity index (χ4n) is 3.47. The lowest BCUT2D eigenvalue weighted by molar-refractivity contribution is -0.140. The van der Waals surface area contributed by atoms with Crippen LogP contribution in [0.5, 0.6) is 17.2 Å². The Labute approximate surface area is 189 Å². The average molecular weight is 441 g/mol. The van der Waals surface area contributed by atoms with Gasteiger partial charge in [0.15, 0.2) is 11.5 Å². The molecule has 0 radical (unpaired) electrons. The average Bonchev–Trinajstić information content (AvgIpc) is 3.28. The Bertz CT molecular complexity index is 928. The summed E-state index contributed by atoms with van der Waals surface area (Å²) in [7, 11) is 1.61. The van der Waals surface area contributed by atoms with Gasteiger partial charge in [-0.15, -0.1) is 0 Å². The van der Waals surface area contributed by atoms with Crippen LogP contribution in [0.15, 0.2) is 42.5 Å². The normalized spacial score (nSPS) is 13.9. The number of amides is 2. The van der Waals surface area contributed by atoms with Gasteiger partial charge in [-0.25, -0.2) is 0 Å². The lowest BCUT2D eigenvalue weighted by atomic mass is 10.1. The Morgan fingerprint density at radius 2 is 1.75 bits per heavy atom. The first kappa shape index (κ1) is 23.4. The molecule has 0 spiro atoms. The topological polar surface area (TPSA) is 77.1 Å². The Kier molecular flexibility index (Phi) is 7.98. The van der Waals surface area contributed by atoms with Crippen LogP contribution in [0, 0.1) is 0 Å². The molecule has 0 aromatic heterocycles. The molecule has 2 atom stereocenters. The van der Waals surface area contributed by atoms with E-state index in [1.165, 1.54) is 0 Å². The summed E-state index contributed by atoms with van der Waals surface area (Å²) < 4.78 is 16.0. The van der Waals surface area contributed by atoms with E-state index in [9.17, 15) is 9.59 Å². The summed E-state index contributed by atoms with van der Waals surface area (Å²) in [5.74, 6) is 1.94. The second kappa shape index (κ2) is 10.9. The molecule has 0 saturated heterocycles. The van der Waals surface area contributed by atoms with Crippen LogP contribution in [0.1, 0.15) is 44.7 Å². The number of nitrogens with one attached hydrogen (secondary N) is 1. The Hall–Kier alpha value is -3.22. The molecule has 172 valence electrons. The summed E-state index contributed by atoms with van der Waals surface area (Å²) in [5.41, 5.74) is 1.93. The highest BCUT2D eigenvalue weighted by molar-refractivity contribution is 5.87. The van der Waals surface area contributed by atoms with Gasteiger partial charge < -0.3 is 24.4 Å². The lowest BCUT2D eigenvalue weighted by Gasteiger charge is -2.30. The quantitative estimate of drug-likeness (QED) is 0.610. The van der Waals surface area contributed by atoms with E-state index in [-0.39, 0.29) is 31.1 Å². The van der Waals surface area contributed by atoms with Gasteiger partial charge in [-0.05, 0) is 62.1 Å². The van der Waals surface area contributed by atoms with Gasteiger partial charge in [0.25, 0.3) is 0 Å². The second-order valence-electron chi connectivity index (χ2n) is 8.05. The fraction of sp³-hybridized carbons (Fsp3) is 0.440. The number of benzene rings is 2. The third kappa shape index (κ3) is 5.93. The molecule has 7 nitrogen and oxygen atoms in total. The van der Waals surface area contributed by atoms with Crippen molar-refractivity contribution >= 4 is 11.8 Å². The van der Waals surface area contributed by atoms with Crippen LogP contribution < -0.4 is 19.5 Å². The fourth-order valence-corrected chi connectivity index (χ4v) is 3.47. The molecule has 1 aliphatic rings. The number of rotatable bonds is 10. The molecule has 0 saturated carbocycles. The van der Waals surface area contributed by atoms with Crippen LogP contribution in [0.4, 0.5) is 0 Å². The minimum atomic E-state index is -0.588. The summed E-state index contributed by atoms with van der Waals surface area (Å²) in [4.78, 5) is 27.7. The monoisotopic (exact) mass is 440 g/mol. The number of hydrogen-bond donors (Lipinski definition) is 1. The lowest BCUT2D eigenvalue weighted by Crippen LogP contribution is -2.49. The summed E-state index contributed by atoms with van der Waals surface area (Å²) in [5, 5.41) is 2.99. The van der Waals surface area contributed by atoms with Crippen molar-refractivity contribution < 1.29 is 23.8 Å². The predicted octanol–water partition coefficient (Wildman–Crippen LogP) is 3.69. The molecular formula is C25H32N2O5. The number of carbonyl (C=O) groups is 2. The third-order valence-electron chi connectivity index (χ3n) is 5.74. The standard InChI is InChI=1S/C25H32N2O5/c1-5-17(2)26-25(29)18(3)27(15-20-6-10-21(30-4)11-7-20)24(28)13-9-19-8-12-22-23(14-19)32-16-31-22/h6-8,10-12,14,17-18H,5,9,13,15-16H2,1-4H3,(H,26,29)/t17-,18+/m0/s1. The van der Waals surface area contributed by atoms with Crippen molar-refractivity contribution in [2.75, 3.05) is 13.9 Å². The first-order valence-electron chi connectivity index (χ1n) is 11.0. The first-order chi connectivity index (χ1) is 15.4. The van der Waals surface area contributed by atoms with Crippen molar-refractivity contribution in [2.45, 2.75) is 58.7 Å². The first-order valence-corrected chi connectivity index (χ1v) is 11.0. The molecule has 7 heteroatoms. The molecule has 0 aliphatic carbocycles. The van der Waals surface area contributed by atoms with E-state index in [1.54, 1.807) is 18.9 Å². The molecule has 32 heavy (non-hydrogen) atoms. The number of hydrogen-bond acceptors (Lipinski definition) is 5. The predicted molar refractivity (Wildman–Crippen MR) is 122 cm³/mol. The van der Waals surface area contributed by atoms with E-state index in [0.29, 0.717) is 18.7 Å². The summed E-state index contributed by atoms with van der Waals surface area (Å²) >= 11 is 0. The van der Waals surface area contributed by atoms with Crippen LogP contribution >= 0.6 is 0 Å². The molecule has 0 unspecified atom stereocenters. The van der Waals surface area contributed by atoms with E-state index >= 15 is 0 Å². The number of aryl methyl sites for hydroxylation is 1. The van der Waals surface area contributed by atoms with Crippen molar-refractivity contribution in [1.29, 1.82) is 0 Å². The van der Waals surface area contributed by atoms with Gasteiger partial charge in [-0.3, -0.25) is 9.59 Å². The number of ether oxygens (including phenoxy) is 3. The molecular weight excluding hydrogens is 408 g/mol. The molecule has 1 heterocycles. The number of nitrogens with zero attached hydrogens (tertiary/aromatic N) is 1. The minimum absolute atomic E-state index is 0.0523. The summed E-state index contributed by atoms with van der Waals surface area (Å²) in [6, 6.07) is 12.7. The van der Waals surface area contributed by atoms with Crippen LogP contribution in [0.25, 0.3) is 0 Å². The molecule has 2 amide bonds. The van der Waals surface area contributed by atoms with Crippen molar-refractivity contribution in [2.24, 2.45) is 0 Å². The van der Waals surface area contributed by atoms with Gasteiger partial charge in [-0.1, -0.05) is 25.1 Å². The van der Waals surface area contributed by atoms with Crippen molar-refractivity contribution in [3.05, 3.63) is 53.6 Å². The van der Waals surface area contributed by atoms with E-state index in [4.69, 9.17) is 14.2 Å². The molecule has 3 rings (SSSR count). The Morgan fingerprint density at radius 3 is 2.44 bits per heavy atom. The van der Waals surface area contributed by atoms with Gasteiger partial charge >= 0.3 is 0 Å².